The third-order valence-electron chi connectivity index (χ3n) is 2.54. The number of halogens is 1. The van der Waals surface area contributed by atoms with Crippen LogP contribution in [0.3, 0.4) is 0 Å². The molecule has 1 heterocycles. The van der Waals surface area contributed by atoms with Crippen LogP contribution in [0.4, 0.5) is 0 Å². The minimum Gasteiger partial charge on any atom is -0.308 e. The lowest BCUT2D eigenvalue weighted by molar-refractivity contribution is 0.175. The van der Waals surface area contributed by atoms with E-state index in [9.17, 15) is 0 Å². The molecule has 0 aliphatic rings. The van der Waals surface area contributed by atoms with Crippen LogP contribution in [-0.2, 0) is 6.54 Å². The molecule has 1 unspecified atom stereocenters. The Hall–Kier alpha value is -0.160. The maximum atomic E-state index is 5.83. The molecule has 5 heteroatoms. The first kappa shape index (κ1) is 13.9. The number of aromatic nitrogens is 1. The van der Waals surface area contributed by atoms with Crippen LogP contribution < -0.4 is 0 Å². The maximum Gasteiger partial charge on any atom is 0.183 e. The molecular weight excluding hydrogens is 242 g/mol. The Morgan fingerprint density at radius 1 is 1.50 bits per heavy atom. The number of thiazole rings is 1. The van der Waals surface area contributed by atoms with E-state index in [1.165, 1.54) is 4.88 Å². The zero-order chi connectivity index (χ0) is 12.1. The number of rotatable bonds is 6. The third-order valence-corrected chi connectivity index (χ3v) is 3.64. The van der Waals surface area contributed by atoms with E-state index < -0.39 is 0 Å². The van der Waals surface area contributed by atoms with Crippen LogP contribution in [0.1, 0.15) is 18.7 Å². The van der Waals surface area contributed by atoms with Gasteiger partial charge in [-0.1, -0.05) is 18.5 Å². The maximum absolute atomic E-state index is 5.83. The molecule has 0 radical (unpaired) electrons. The summed E-state index contributed by atoms with van der Waals surface area (Å²) in [5.74, 6) is 0. The second-order valence-electron chi connectivity index (χ2n) is 4.25. The van der Waals surface area contributed by atoms with Gasteiger partial charge in [0.2, 0.25) is 0 Å². The highest BCUT2D eigenvalue weighted by Crippen LogP contribution is 2.20. The van der Waals surface area contributed by atoms with Crippen molar-refractivity contribution in [2.45, 2.75) is 26.4 Å². The number of hydrogen-bond donors (Lipinski definition) is 0. The van der Waals surface area contributed by atoms with Crippen molar-refractivity contribution in [3.8, 4) is 0 Å². The summed E-state index contributed by atoms with van der Waals surface area (Å²) in [7, 11) is 4.21. The van der Waals surface area contributed by atoms with Gasteiger partial charge in [0, 0.05) is 30.2 Å². The summed E-state index contributed by atoms with van der Waals surface area (Å²) in [5, 5.41) is 0. The first-order valence-electron chi connectivity index (χ1n) is 5.52. The second-order valence-corrected chi connectivity index (χ2v) is 5.95. The Morgan fingerprint density at radius 2 is 2.19 bits per heavy atom. The summed E-state index contributed by atoms with van der Waals surface area (Å²) in [6, 6.07) is 0.542. The summed E-state index contributed by atoms with van der Waals surface area (Å²) < 4.78 is 0.631. The minimum absolute atomic E-state index is 0.542. The molecule has 3 nitrogen and oxygen atoms in total. The van der Waals surface area contributed by atoms with Crippen LogP contribution in [0.2, 0.25) is 4.47 Å². The minimum atomic E-state index is 0.542. The van der Waals surface area contributed by atoms with E-state index in [4.69, 9.17) is 11.6 Å². The van der Waals surface area contributed by atoms with Crippen LogP contribution in [0.5, 0.6) is 0 Å². The standard InChI is InChI=1S/C11H20ClN3S/c1-5-15(9(2)7-14(3)4)8-10-6-13-11(12)16-10/h6,9H,5,7-8H2,1-4H3. The lowest BCUT2D eigenvalue weighted by Gasteiger charge is -2.29. The van der Waals surface area contributed by atoms with Crippen molar-refractivity contribution in [1.82, 2.24) is 14.8 Å². The normalized spacial score (nSPS) is 13.7. The molecule has 0 aliphatic carbocycles. The van der Waals surface area contributed by atoms with Gasteiger partial charge in [-0.25, -0.2) is 4.98 Å². The van der Waals surface area contributed by atoms with Crippen molar-refractivity contribution in [2.24, 2.45) is 0 Å². The fourth-order valence-corrected chi connectivity index (χ4v) is 2.78. The molecule has 0 aliphatic heterocycles. The quantitative estimate of drug-likeness (QED) is 0.785. The second kappa shape index (κ2) is 6.55. The van der Waals surface area contributed by atoms with Gasteiger partial charge in [0.05, 0.1) is 0 Å². The summed E-state index contributed by atoms with van der Waals surface area (Å²) in [6.07, 6.45) is 1.87. The van der Waals surface area contributed by atoms with E-state index >= 15 is 0 Å². The Bertz CT molecular complexity index is 314. The molecule has 0 saturated heterocycles. The molecule has 0 aromatic carbocycles. The zero-order valence-electron chi connectivity index (χ0n) is 10.4. The number of likely N-dealkylation sites (N-methyl/N-ethyl adjacent to an activating group) is 2. The van der Waals surface area contributed by atoms with E-state index in [-0.39, 0.29) is 0 Å². The van der Waals surface area contributed by atoms with Gasteiger partial charge in [-0.2, -0.15) is 0 Å². The molecule has 0 saturated carbocycles. The first-order chi connectivity index (χ1) is 7.52. The van der Waals surface area contributed by atoms with Crippen molar-refractivity contribution in [3.05, 3.63) is 15.5 Å². The van der Waals surface area contributed by atoms with Crippen molar-refractivity contribution in [1.29, 1.82) is 0 Å². The average Bonchev–Trinajstić information content (AvgIpc) is 2.59. The lowest BCUT2D eigenvalue weighted by atomic mass is 10.2. The van der Waals surface area contributed by atoms with Crippen molar-refractivity contribution < 1.29 is 0 Å². The van der Waals surface area contributed by atoms with Gasteiger partial charge in [0.25, 0.3) is 0 Å². The van der Waals surface area contributed by atoms with Gasteiger partial charge < -0.3 is 4.90 Å². The predicted octanol–water partition coefficient (Wildman–Crippen LogP) is 2.57. The van der Waals surface area contributed by atoms with Gasteiger partial charge in [0.1, 0.15) is 0 Å². The van der Waals surface area contributed by atoms with E-state index in [1.807, 2.05) is 6.20 Å². The van der Waals surface area contributed by atoms with Crippen LogP contribution >= 0.6 is 22.9 Å². The molecular formula is C11H20ClN3S. The lowest BCUT2D eigenvalue weighted by Crippen LogP contribution is -2.39. The SMILES string of the molecule is CCN(Cc1cnc(Cl)s1)C(C)CN(C)C. The smallest absolute Gasteiger partial charge is 0.183 e. The summed E-state index contributed by atoms with van der Waals surface area (Å²) in [5.41, 5.74) is 0. The van der Waals surface area contributed by atoms with E-state index in [2.05, 4.69) is 42.7 Å². The van der Waals surface area contributed by atoms with Crippen LogP contribution in [-0.4, -0.2) is 48.0 Å². The Balaban J connectivity index is 2.54. The molecule has 0 amide bonds. The Labute approximate surface area is 107 Å². The largest absolute Gasteiger partial charge is 0.308 e. The van der Waals surface area contributed by atoms with Crippen LogP contribution in [0.15, 0.2) is 6.20 Å². The highest BCUT2D eigenvalue weighted by molar-refractivity contribution is 7.15. The van der Waals surface area contributed by atoms with Crippen LogP contribution in [0.25, 0.3) is 0 Å². The molecule has 1 aromatic heterocycles. The summed E-state index contributed by atoms with van der Waals surface area (Å²) >= 11 is 7.40. The fourth-order valence-electron chi connectivity index (χ4n) is 1.78. The van der Waals surface area contributed by atoms with E-state index in [0.29, 0.717) is 10.5 Å². The van der Waals surface area contributed by atoms with Crippen LogP contribution in [0, 0.1) is 0 Å². The molecule has 0 bridgehead atoms. The molecule has 0 fully saturated rings. The molecule has 1 aromatic rings. The summed E-state index contributed by atoms with van der Waals surface area (Å²) in [4.78, 5) is 9.95. The molecule has 16 heavy (non-hydrogen) atoms. The van der Waals surface area contributed by atoms with Gasteiger partial charge in [-0.15, -0.1) is 11.3 Å². The fraction of sp³-hybridized carbons (Fsp3) is 0.727. The average molecular weight is 262 g/mol. The Kier molecular flexibility index (Phi) is 5.69. The molecule has 1 rings (SSSR count). The molecule has 0 spiro atoms. The highest BCUT2D eigenvalue weighted by atomic mass is 35.5. The van der Waals surface area contributed by atoms with Crippen molar-refractivity contribution in [3.63, 3.8) is 0 Å². The monoisotopic (exact) mass is 261 g/mol. The van der Waals surface area contributed by atoms with E-state index in [0.717, 1.165) is 19.6 Å². The summed E-state index contributed by atoms with van der Waals surface area (Å²) in [6.45, 7) is 7.50. The van der Waals surface area contributed by atoms with Crippen molar-refractivity contribution in [2.75, 3.05) is 27.2 Å². The molecule has 92 valence electrons. The van der Waals surface area contributed by atoms with Gasteiger partial charge >= 0.3 is 0 Å². The van der Waals surface area contributed by atoms with Gasteiger partial charge in [-0.05, 0) is 27.6 Å². The first-order valence-corrected chi connectivity index (χ1v) is 6.71. The van der Waals surface area contributed by atoms with Crippen molar-refractivity contribution >= 4 is 22.9 Å². The molecule has 1 atom stereocenters. The topological polar surface area (TPSA) is 19.4 Å². The van der Waals surface area contributed by atoms with Gasteiger partial charge in [0.15, 0.2) is 4.47 Å². The third kappa shape index (κ3) is 4.37. The number of hydrogen-bond acceptors (Lipinski definition) is 4. The Morgan fingerprint density at radius 3 is 2.62 bits per heavy atom. The number of nitrogens with zero attached hydrogens (tertiary/aromatic N) is 3. The van der Waals surface area contributed by atoms with Gasteiger partial charge in [-0.3, -0.25) is 4.90 Å². The van der Waals surface area contributed by atoms with E-state index in [1.54, 1.807) is 11.3 Å². The highest BCUT2D eigenvalue weighted by Gasteiger charge is 2.14. The molecule has 0 N–H and O–H groups in total. The predicted molar refractivity (Wildman–Crippen MR) is 71.2 cm³/mol. The zero-order valence-corrected chi connectivity index (χ0v) is 12.0.